The number of rotatable bonds is 3. The second-order valence-electron chi connectivity index (χ2n) is 5.21. The van der Waals surface area contributed by atoms with Crippen LogP contribution in [0.25, 0.3) is 6.08 Å². The highest BCUT2D eigenvalue weighted by atomic mass is 35.5. The van der Waals surface area contributed by atoms with Gasteiger partial charge in [-0.15, -0.1) is 0 Å². The molecule has 0 aromatic heterocycles. The van der Waals surface area contributed by atoms with E-state index in [2.05, 4.69) is 10.3 Å². The summed E-state index contributed by atoms with van der Waals surface area (Å²) < 4.78 is 5.15. The van der Waals surface area contributed by atoms with Gasteiger partial charge in [0.15, 0.2) is 0 Å². The average Bonchev–Trinajstić information content (AvgIpc) is 2.76. The first kappa shape index (κ1) is 15.4. The molecule has 2 aromatic carbocycles. The van der Waals surface area contributed by atoms with Crippen molar-refractivity contribution in [2.45, 2.75) is 6.42 Å². The highest BCUT2D eigenvalue weighted by Gasteiger charge is 2.12. The number of halogens is 1. The Hall–Kier alpha value is -2.46. The Kier molecular flexibility index (Phi) is 4.53. The molecular weight excluding hydrogens is 312 g/mol. The molecule has 118 valence electrons. The van der Waals surface area contributed by atoms with Crippen LogP contribution >= 0.6 is 11.6 Å². The third-order valence-electron chi connectivity index (χ3n) is 3.65. The smallest absolute Gasteiger partial charge is 0.136 e. The van der Waals surface area contributed by atoms with Gasteiger partial charge in [0.05, 0.1) is 12.1 Å². The summed E-state index contributed by atoms with van der Waals surface area (Å²) in [6, 6.07) is 11.2. The standard InChI is InChI=1S/C18H17ClN2O2/c1-23-14-5-2-12(3-6-14)4-7-18-20-9-8-13-10-15(19)17(22)11-16(13)21-18/h2-7,10-11,22H,8-9H2,1H3,(H,20,21)/b7-4+. The Morgan fingerprint density at radius 1 is 1.22 bits per heavy atom. The fourth-order valence-electron chi connectivity index (χ4n) is 2.39. The third-order valence-corrected chi connectivity index (χ3v) is 3.95. The molecule has 23 heavy (non-hydrogen) atoms. The van der Waals surface area contributed by atoms with Crippen LogP contribution in [0, 0.1) is 0 Å². The molecular formula is C18H17ClN2O2. The van der Waals surface area contributed by atoms with Crippen LogP contribution in [0.1, 0.15) is 11.1 Å². The minimum absolute atomic E-state index is 0.0679. The number of methoxy groups -OCH3 is 1. The number of phenolic OH excluding ortho intramolecular Hbond substituents is 1. The van der Waals surface area contributed by atoms with Crippen molar-refractivity contribution in [2.24, 2.45) is 4.99 Å². The molecule has 1 aliphatic heterocycles. The van der Waals surface area contributed by atoms with Crippen LogP contribution in [-0.4, -0.2) is 24.6 Å². The maximum absolute atomic E-state index is 9.77. The van der Waals surface area contributed by atoms with Gasteiger partial charge in [0.2, 0.25) is 0 Å². The molecule has 1 aliphatic rings. The lowest BCUT2D eigenvalue weighted by Crippen LogP contribution is -2.08. The van der Waals surface area contributed by atoms with E-state index in [-0.39, 0.29) is 5.75 Å². The highest BCUT2D eigenvalue weighted by molar-refractivity contribution is 6.32. The minimum atomic E-state index is 0.0679. The van der Waals surface area contributed by atoms with E-state index in [0.717, 1.165) is 34.8 Å². The molecule has 1 heterocycles. The number of hydrogen-bond acceptors (Lipinski definition) is 4. The molecule has 0 amide bonds. The Morgan fingerprint density at radius 2 is 2.00 bits per heavy atom. The summed E-state index contributed by atoms with van der Waals surface area (Å²) in [5, 5.41) is 13.4. The number of aliphatic imine (C=N–C) groups is 1. The molecule has 2 N–H and O–H groups in total. The number of benzene rings is 2. The molecule has 0 atom stereocenters. The van der Waals surface area contributed by atoms with Crippen molar-refractivity contribution in [2.75, 3.05) is 19.0 Å². The van der Waals surface area contributed by atoms with E-state index in [0.29, 0.717) is 11.6 Å². The van der Waals surface area contributed by atoms with E-state index in [9.17, 15) is 5.11 Å². The summed E-state index contributed by atoms with van der Waals surface area (Å²) in [4.78, 5) is 4.52. The van der Waals surface area contributed by atoms with Gasteiger partial charge < -0.3 is 15.2 Å². The van der Waals surface area contributed by atoms with Gasteiger partial charge in [-0.3, -0.25) is 4.99 Å². The van der Waals surface area contributed by atoms with Crippen LogP contribution in [0.2, 0.25) is 5.02 Å². The molecule has 0 radical (unpaired) electrons. The van der Waals surface area contributed by atoms with E-state index < -0.39 is 0 Å². The number of ether oxygens (including phenoxy) is 1. The molecule has 0 fully saturated rings. The normalized spacial score (nSPS) is 13.9. The van der Waals surface area contributed by atoms with Gasteiger partial charge >= 0.3 is 0 Å². The zero-order valence-corrected chi connectivity index (χ0v) is 13.5. The summed E-state index contributed by atoms with van der Waals surface area (Å²) in [5.74, 6) is 1.65. The van der Waals surface area contributed by atoms with Crippen LogP contribution in [0.5, 0.6) is 11.5 Å². The van der Waals surface area contributed by atoms with E-state index in [1.165, 1.54) is 0 Å². The van der Waals surface area contributed by atoms with Gasteiger partial charge in [-0.05, 0) is 41.8 Å². The Bertz CT molecular complexity index is 767. The van der Waals surface area contributed by atoms with Crippen LogP contribution in [-0.2, 0) is 6.42 Å². The molecule has 4 nitrogen and oxygen atoms in total. The van der Waals surface area contributed by atoms with Crippen molar-refractivity contribution in [1.82, 2.24) is 0 Å². The van der Waals surface area contributed by atoms with Crippen molar-refractivity contribution >= 4 is 29.2 Å². The van der Waals surface area contributed by atoms with Gasteiger partial charge in [-0.2, -0.15) is 0 Å². The van der Waals surface area contributed by atoms with Gasteiger partial charge in [0.1, 0.15) is 17.3 Å². The van der Waals surface area contributed by atoms with Crippen LogP contribution in [0.3, 0.4) is 0 Å². The van der Waals surface area contributed by atoms with Gasteiger partial charge in [-0.25, -0.2) is 0 Å². The van der Waals surface area contributed by atoms with Crippen molar-refractivity contribution in [1.29, 1.82) is 0 Å². The molecule has 0 bridgehead atoms. The van der Waals surface area contributed by atoms with Crippen molar-refractivity contribution in [3.05, 3.63) is 58.6 Å². The maximum atomic E-state index is 9.77. The first-order chi connectivity index (χ1) is 11.2. The fraction of sp³-hybridized carbons (Fsp3) is 0.167. The van der Waals surface area contributed by atoms with Crippen molar-refractivity contribution in [3.8, 4) is 11.5 Å². The summed E-state index contributed by atoms with van der Waals surface area (Å²) in [7, 11) is 1.65. The monoisotopic (exact) mass is 328 g/mol. The van der Waals surface area contributed by atoms with Gasteiger partial charge in [-0.1, -0.05) is 29.8 Å². The molecule has 5 heteroatoms. The topological polar surface area (TPSA) is 53.9 Å². The number of amidine groups is 1. The number of phenols is 1. The SMILES string of the molecule is COc1ccc(/C=C/C2=NCCc3cc(Cl)c(O)cc3N2)cc1. The predicted octanol–water partition coefficient (Wildman–Crippen LogP) is 4.13. The summed E-state index contributed by atoms with van der Waals surface area (Å²) in [6.07, 6.45) is 4.68. The molecule has 0 saturated carbocycles. The minimum Gasteiger partial charge on any atom is -0.506 e. The lowest BCUT2D eigenvalue weighted by atomic mass is 10.1. The number of fused-ring (bicyclic) bond motifs is 1. The summed E-state index contributed by atoms with van der Waals surface area (Å²) in [6.45, 7) is 0.670. The van der Waals surface area contributed by atoms with E-state index in [4.69, 9.17) is 16.3 Å². The quantitative estimate of drug-likeness (QED) is 0.890. The van der Waals surface area contributed by atoms with Crippen molar-refractivity contribution < 1.29 is 9.84 Å². The zero-order valence-electron chi connectivity index (χ0n) is 12.7. The van der Waals surface area contributed by atoms with Gasteiger partial charge in [0, 0.05) is 18.3 Å². The van der Waals surface area contributed by atoms with Gasteiger partial charge in [0.25, 0.3) is 0 Å². The largest absolute Gasteiger partial charge is 0.506 e. The number of nitrogens with one attached hydrogen (secondary N) is 1. The first-order valence-electron chi connectivity index (χ1n) is 7.31. The fourth-order valence-corrected chi connectivity index (χ4v) is 2.57. The number of hydrogen-bond donors (Lipinski definition) is 2. The van der Waals surface area contributed by atoms with E-state index in [1.807, 2.05) is 36.4 Å². The number of anilines is 1. The maximum Gasteiger partial charge on any atom is 0.136 e. The Balaban J connectivity index is 1.78. The lowest BCUT2D eigenvalue weighted by molar-refractivity contribution is 0.415. The molecule has 0 unspecified atom stereocenters. The van der Waals surface area contributed by atoms with E-state index in [1.54, 1.807) is 19.2 Å². The lowest BCUT2D eigenvalue weighted by Gasteiger charge is -2.09. The molecule has 0 saturated heterocycles. The summed E-state index contributed by atoms with van der Waals surface area (Å²) in [5.41, 5.74) is 2.94. The predicted molar refractivity (Wildman–Crippen MR) is 94.8 cm³/mol. The Morgan fingerprint density at radius 3 is 2.74 bits per heavy atom. The first-order valence-corrected chi connectivity index (χ1v) is 7.68. The van der Waals surface area contributed by atoms with Crippen LogP contribution < -0.4 is 10.1 Å². The highest BCUT2D eigenvalue weighted by Crippen LogP contribution is 2.31. The molecule has 3 rings (SSSR count). The van der Waals surface area contributed by atoms with Crippen LogP contribution in [0.4, 0.5) is 5.69 Å². The Labute approximate surface area is 140 Å². The molecule has 0 spiro atoms. The molecule has 2 aromatic rings. The second-order valence-corrected chi connectivity index (χ2v) is 5.62. The third kappa shape index (κ3) is 3.66. The molecule has 0 aliphatic carbocycles. The number of aromatic hydroxyl groups is 1. The second kappa shape index (κ2) is 6.75. The van der Waals surface area contributed by atoms with Crippen molar-refractivity contribution in [3.63, 3.8) is 0 Å². The summed E-state index contributed by atoms with van der Waals surface area (Å²) >= 11 is 5.96. The van der Waals surface area contributed by atoms with Crippen LogP contribution in [0.15, 0.2) is 47.5 Å². The number of nitrogens with zero attached hydrogens (tertiary/aromatic N) is 1. The average molecular weight is 329 g/mol. The van der Waals surface area contributed by atoms with E-state index >= 15 is 0 Å². The zero-order chi connectivity index (χ0) is 16.2.